The number of halogens is 4. The van der Waals surface area contributed by atoms with Crippen LogP contribution in [-0.4, -0.2) is 14.7 Å². The molecule has 21 heavy (non-hydrogen) atoms. The van der Waals surface area contributed by atoms with Crippen molar-refractivity contribution in [2.45, 2.75) is 9.72 Å². The quantitative estimate of drug-likeness (QED) is 0.566. The SMILES string of the molecule is CS(=O)(=O)c1cccc(C(Br)c2cc(F)c(F)cc2Cl)c1. The van der Waals surface area contributed by atoms with Crippen LogP contribution in [0.2, 0.25) is 5.02 Å². The molecular weight excluding hydrogens is 386 g/mol. The smallest absolute Gasteiger partial charge is 0.175 e. The summed E-state index contributed by atoms with van der Waals surface area (Å²) in [6.07, 6.45) is 1.10. The maximum Gasteiger partial charge on any atom is 0.175 e. The molecule has 0 spiro atoms. The van der Waals surface area contributed by atoms with E-state index >= 15 is 0 Å². The molecule has 0 N–H and O–H groups in total. The van der Waals surface area contributed by atoms with E-state index in [9.17, 15) is 17.2 Å². The minimum Gasteiger partial charge on any atom is -0.224 e. The van der Waals surface area contributed by atoms with Gasteiger partial charge in [-0.25, -0.2) is 17.2 Å². The topological polar surface area (TPSA) is 34.1 Å². The van der Waals surface area contributed by atoms with Crippen LogP contribution in [0.25, 0.3) is 0 Å². The van der Waals surface area contributed by atoms with Crippen molar-refractivity contribution in [3.05, 3.63) is 64.2 Å². The minimum atomic E-state index is -3.35. The summed E-state index contributed by atoms with van der Waals surface area (Å²) in [5.74, 6) is -2.05. The standard InChI is InChI=1S/C14H10BrClF2O2S/c1-21(19,20)9-4-2-3-8(5-9)14(15)10-6-12(17)13(18)7-11(10)16/h2-7,14H,1H3. The van der Waals surface area contributed by atoms with Crippen LogP contribution in [0, 0.1) is 11.6 Å². The molecule has 0 fully saturated rings. The van der Waals surface area contributed by atoms with Crippen LogP contribution >= 0.6 is 27.5 Å². The van der Waals surface area contributed by atoms with E-state index in [-0.39, 0.29) is 9.92 Å². The summed E-state index contributed by atoms with van der Waals surface area (Å²) < 4.78 is 49.6. The summed E-state index contributed by atoms with van der Waals surface area (Å²) in [6, 6.07) is 8.06. The number of benzene rings is 2. The number of sulfone groups is 1. The molecular formula is C14H10BrClF2O2S. The van der Waals surface area contributed by atoms with Crippen molar-refractivity contribution in [2.24, 2.45) is 0 Å². The summed E-state index contributed by atoms with van der Waals surface area (Å²) in [4.78, 5) is -0.412. The lowest BCUT2D eigenvalue weighted by Gasteiger charge is -2.14. The first-order chi connectivity index (χ1) is 9.70. The molecule has 0 radical (unpaired) electrons. The zero-order valence-corrected chi connectivity index (χ0v) is 13.9. The second kappa shape index (κ2) is 6.02. The highest BCUT2D eigenvalue weighted by molar-refractivity contribution is 9.09. The highest BCUT2D eigenvalue weighted by atomic mass is 79.9. The van der Waals surface area contributed by atoms with E-state index in [1.807, 2.05) is 0 Å². The monoisotopic (exact) mass is 394 g/mol. The van der Waals surface area contributed by atoms with Crippen molar-refractivity contribution in [1.29, 1.82) is 0 Å². The van der Waals surface area contributed by atoms with E-state index < -0.39 is 26.3 Å². The van der Waals surface area contributed by atoms with Gasteiger partial charge in [-0.1, -0.05) is 39.7 Å². The van der Waals surface area contributed by atoms with Gasteiger partial charge in [-0.05, 0) is 35.4 Å². The summed E-state index contributed by atoms with van der Waals surface area (Å²) in [7, 11) is -3.35. The molecule has 0 saturated carbocycles. The van der Waals surface area contributed by atoms with E-state index in [4.69, 9.17) is 11.6 Å². The van der Waals surface area contributed by atoms with Gasteiger partial charge in [-0.3, -0.25) is 0 Å². The van der Waals surface area contributed by atoms with Crippen LogP contribution in [0.1, 0.15) is 16.0 Å². The van der Waals surface area contributed by atoms with E-state index in [0.717, 1.165) is 18.4 Å². The molecule has 0 heterocycles. The molecule has 0 saturated heterocycles. The first kappa shape index (κ1) is 16.4. The number of hydrogen-bond acceptors (Lipinski definition) is 2. The average Bonchev–Trinajstić information content (AvgIpc) is 2.41. The maximum atomic E-state index is 13.4. The Morgan fingerprint density at radius 3 is 2.38 bits per heavy atom. The molecule has 0 amide bonds. The van der Waals surface area contributed by atoms with Crippen molar-refractivity contribution in [1.82, 2.24) is 0 Å². The largest absolute Gasteiger partial charge is 0.224 e. The van der Waals surface area contributed by atoms with Gasteiger partial charge in [0.15, 0.2) is 21.5 Å². The number of alkyl halides is 1. The van der Waals surface area contributed by atoms with Gasteiger partial charge in [-0.15, -0.1) is 0 Å². The Morgan fingerprint density at radius 2 is 1.76 bits per heavy atom. The Labute approximate surface area is 134 Å². The van der Waals surface area contributed by atoms with Gasteiger partial charge in [0.2, 0.25) is 0 Å². The van der Waals surface area contributed by atoms with Gasteiger partial charge in [0, 0.05) is 11.3 Å². The molecule has 0 aliphatic carbocycles. The Bertz CT molecular complexity index is 794. The predicted molar refractivity (Wildman–Crippen MR) is 81.7 cm³/mol. The number of rotatable bonds is 3. The Kier molecular flexibility index (Phi) is 4.70. The summed E-state index contributed by atoms with van der Waals surface area (Å²) in [6.45, 7) is 0. The molecule has 0 aromatic heterocycles. The molecule has 7 heteroatoms. The van der Waals surface area contributed by atoms with Crippen molar-refractivity contribution in [2.75, 3.05) is 6.26 Å². The van der Waals surface area contributed by atoms with Crippen LogP contribution < -0.4 is 0 Å². The van der Waals surface area contributed by atoms with Crippen LogP contribution in [0.15, 0.2) is 41.3 Å². The fourth-order valence-corrected chi connectivity index (χ4v) is 3.55. The highest BCUT2D eigenvalue weighted by Gasteiger charge is 2.18. The summed E-state index contributed by atoms with van der Waals surface area (Å²) >= 11 is 9.26. The van der Waals surface area contributed by atoms with Crippen molar-refractivity contribution < 1.29 is 17.2 Å². The van der Waals surface area contributed by atoms with E-state index in [1.165, 1.54) is 12.1 Å². The molecule has 0 aliphatic rings. The lowest BCUT2D eigenvalue weighted by Crippen LogP contribution is -2.01. The van der Waals surface area contributed by atoms with Crippen LogP contribution in [0.3, 0.4) is 0 Å². The fraction of sp³-hybridized carbons (Fsp3) is 0.143. The van der Waals surface area contributed by atoms with Gasteiger partial charge < -0.3 is 0 Å². The molecule has 2 aromatic carbocycles. The molecule has 0 bridgehead atoms. The Balaban J connectivity index is 2.50. The molecule has 0 aliphatic heterocycles. The molecule has 1 unspecified atom stereocenters. The van der Waals surface area contributed by atoms with Gasteiger partial charge in [-0.2, -0.15) is 0 Å². The van der Waals surface area contributed by atoms with Gasteiger partial charge in [0.1, 0.15) is 0 Å². The van der Waals surface area contributed by atoms with Gasteiger partial charge in [0.25, 0.3) is 0 Å². The molecule has 2 nitrogen and oxygen atoms in total. The predicted octanol–water partition coefficient (Wildman–Crippen LogP) is 4.51. The van der Waals surface area contributed by atoms with Crippen LogP contribution in [-0.2, 0) is 9.84 Å². The van der Waals surface area contributed by atoms with E-state index in [1.54, 1.807) is 12.1 Å². The molecule has 2 rings (SSSR count). The van der Waals surface area contributed by atoms with Gasteiger partial charge in [0.05, 0.1) is 9.72 Å². The molecule has 1 atom stereocenters. The second-order valence-corrected chi connectivity index (χ2v) is 7.83. The maximum absolute atomic E-state index is 13.4. The normalized spacial score (nSPS) is 13.2. The third-order valence-corrected chi connectivity index (χ3v) is 5.35. The average molecular weight is 396 g/mol. The Morgan fingerprint density at radius 1 is 1.14 bits per heavy atom. The fourth-order valence-electron chi connectivity index (χ4n) is 1.81. The zero-order valence-electron chi connectivity index (χ0n) is 10.8. The zero-order chi connectivity index (χ0) is 15.8. The third kappa shape index (κ3) is 3.62. The van der Waals surface area contributed by atoms with Crippen molar-refractivity contribution in [3.63, 3.8) is 0 Å². The second-order valence-electron chi connectivity index (χ2n) is 4.50. The molecule has 112 valence electrons. The first-order valence-electron chi connectivity index (χ1n) is 5.78. The Hall–Kier alpha value is -0.980. The minimum absolute atomic E-state index is 0.0560. The summed E-state index contributed by atoms with van der Waals surface area (Å²) in [5.41, 5.74) is 0.895. The van der Waals surface area contributed by atoms with Crippen LogP contribution in [0.5, 0.6) is 0 Å². The third-order valence-electron chi connectivity index (χ3n) is 2.89. The summed E-state index contributed by atoms with van der Waals surface area (Å²) in [5, 5.41) is 0.0560. The van der Waals surface area contributed by atoms with Gasteiger partial charge >= 0.3 is 0 Å². The lowest BCUT2D eigenvalue weighted by atomic mass is 10.0. The lowest BCUT2D eigenvalue weighted by molar-refractivity contribution is 0.507. The number of hydrogen-bond donors (Lipinski definition) is 0. The van der Waals surface area contributed by atoms with E-state index in [0.29, 0.717) is 11.1 Å². The molecule has 2 aromatic rings. The van der Waals surface area contributed by atoms with Crippen molar-refractivity contribution >= 4 is 37.4 Å². The van der Waals surface area contributed by atoms with Crippen LogP contribution in [0.4, 0.5) is 8.78 Å². The highest BCUT2D eigenvalue weighted by Crippen LogP contribution is 2.36. The first-order valence-corrected chi connectivity index (χ1v) is 8.97. The van der Waals surface area contributed by atoms with Crippen molar-refractivity contribution in [3.8, 4) is 0 Å². The van der Waals surface area contributed by atoms with E-state index in [2.05, 4.69) is 15.9 Å².